The van der Waals surface area contributed by atoms with Crippen LogP contribution in [0.2, 0.25) is 0 Å². The highest BCUT2D eigenvalue weighted by Crippen LogP contribution is 2.15. The maximum Gasteiger partial charge on any atom is 0.243 e. The minimum Gasteiger partial charge on any atom is -0.548 e. The molecular formula is C18H31N4O7S2-. The van der Waals surface area contributed by atoms with Gasteiger partial charge in [-0.3, -0.25) is 9.59 Å². The first-order chi connectivity index (χ1) is 14.7. The Hall–Kier alpha value is -1.99. The molecule has 11 nitrogen and oxygen atoms in total. The summed E-state index contributed by atoms with van der Waals surface area (Å²) in [6.45, 7) is -0.724. The number of aliphatic carboxylic acids is 2. The standard InChI is InChI=1S/C18H32N4O7S2/c1-30-9-5-3-2-4-6-15(22-29)31-11-13(17(26)20-10-16(24)25)21-14(23)8-7-12(19)18(27)28/h12-13,29H,2-11,19H2,1H3,(H,20,26)(H,21,23)(H,24,25)(H,27,28)/p-1/b22-15+/t12-,13-/m0/s1. The lowest BCUT2D eigenvalue weighted by molar-refractivity contribution is -0.438. The maximum absolute atomic E-state index is 12.2. The van der Waals surface area contributed by atoms with Crippen molar-refractivity contribution >= 4 is 52.3 Å². The summed E-state index contributed by atoms with van der Waals surface area (Å²) >= 11 is 2.86. The Balaban J connectivity index is 4.70. The van der Waals surface area contributed by atoms with E-state index in [1.54, 1.807) is 11.8 Å². The fourth-order valence-electron chi connectivity index (χ4n) is 2.36. The van der Waals surface area contributed by atoms with Crippen molar-refractivity contribution in [2.24, 2.45) is 5.16 Å². The largest absolute Gasteiger partial charge is 0.548 e. The number of carbonyl (C=O) groups is 4. The normalized spacial score (nSPS) is 13.3. The van der Waals surface area contributed by atoms with Gasteiger partial charge in [-0.1, -0.05) is 18.0 Å². The molecule has 0 aliphatic heterocycles. The molecule has 13 heteroatoms. The quantitative estimate of drug-likeness (QED) is 0.0564. The number of quaternary nitrogens is 1. The Kier molecular flexibility index (Phi) is 16.5. The van der Waals surface area contributed by atoms with Crippen molar-refractivity contribution in [3.63, 3.8) is 0 Å². The van der Waals surface area contributed by atoms with Gasteiger partial charge in [0.05, 0.1) is 18.5 Å². The van der Waals surface area contributed by atoms with Crippen LogP contribution in [0, 0.1) is 0 Å². The Morgan fingerprint density at radius 3 is 2.35 bits per heavy atom. The van der Waals surface area contributed by atoms with E-state index in [1.165, 1.54) is 0 Å². The number of rotatable bonds is 17. The molecule has 31 heavy (non-hydrogen) atoms. The number of unbranched alkanes of at least 4 members (excludes halogenated alkanes) is 3. The van der Waals surface area contributed by atoms with Crippen LogP contribution in [-0.2, 0) is 19.2 Å². The van der Waals surface area contributed by atoms with Crippen LogP contribution in [0.3, 0.4) is 0 Å². The molecule has 0 saturated carbocycles. The molecule has 0 saturated heterocycles. The zero-order valence-corrected chi connectivity index (χ0v) is 19.2. The Morgan fingerprint density at radius 2 is 1.77 bits per heavy atom. The summed E-state index contributed by atoms with van der Waals surface area (Å²) < 4.78 is 0. The van der Waals surface area contributed by atoms with Crippen LogP contribution < -0.4 is 26.6 Å². The predicted octanol–water partition coefficient (Wildman–Crippen LogP) is -2.69. The second kappa shape index (κ2) is 17.7. The van der Waals surface area contributed by atoms with Crippen molar-refractivity contribution in [2.45, 2.75) is 57.0 Å². The molecule has 0 radical (unpaired) electrons. The van der Waals surface area contributed by atoms with Gasteiger partial charge in [0.15, 0.2) is 0 Å². The van der Waals surface area contributed by atoms with Gasteiger partial charge in [0.2, 0.25) is 11.8 Å². The van der Waals surface area contributed by atoms with Gasteiger partial charge in [0, 0.05) is 18.6 Å². The molecule has 0 rings (SSSR count). The zero-order valence-electron chi connectivity index (χ0n) is 17.6. The van der Waals surface area contributed by atoms with Gasteiger partial charge in [-0.2, -0.15) is 11.8 Å². The predicted molar refractivity (Wildman–Crippen MR) is 114 cm³/mol. The molecule has 0 aromatic heterocycles. The van der Waals surface area contributed by atoms with Crippen LogP contribution in [0.15, 0.2) is 5.16 Å². The van der Waals surface area contributed by atoms with Crippen molar-refractivity contribution in [3.05, 3.63) is 0 Å². The highest BCUT2D eigenvalue weighted by Gasteiger charge is 2.22. The van der Waals surface area contributed by atoms with Gasteiger partial charge in [-0.15, -0.1) is 11.8 Å². The van der Waals surface area contributed by atoms with Gasteiger partial charge in [-0.25, -0.2) is 0 Å². The monoisotopic (exact) mass is 479 g/mol. The summed E-state index contributed by atoms with van der Waals surface area (Å²) in [5.41, 5.74) is 3.35. The molecule has 0 unspecified atom stereocenters. The van der Waals surface area contributed by atoms with E-state index in [-0.39, 0.29) is 18.6 Å². The summed E-state index contributed by atoms with van der Waals surface area (Å²) in [5.74, 6) is -3.12. The van der Waals surface area contributed by atoms with E-state index >= 15 is 0 Å². The molecule has 6 N–H and O–H groups in total. The lowest BCUT2D eigenvalue weighted by Crippen LogP contribution is -2.68. The molecule has 0 bridgehead atoms. The fraction of sp³-hybridized carbons (Fsp3) is 0.722. The molecule has 2 atom stereocenters. The highest BCUT2D eigenvalue weighted by atomic mass is 32.2. The summed E-state index contributed by atoms with van der Waals surface area (Å²) in [6.07, 6.45) is 6.23. The van der Waals surface area contributed by atoms with Crippen LogP contribution in [-0.4, -0.2) is 70.4 Å². The van der Waals surface area contributed by atoms with E-state index in [4.69, 9.17) is 0 Å². The third-order valence-corrected chi connectivity index (χ3v) is 5.95. The number of nitrogens with one attached hydrogen (secondary N) is 2. The first-order valence-corrected chi connectivity index (χ1v) is 12.2. The number of nitrogens with zero attached hydrogens (tertiary/aromatic N) is 1. The van der Waals surface area contributed by atoms with Gasteiger partial charge in [0.1, 0.15) is 17.1 Å². The molecule has 0 aromatic carbocycles. The molecule has 0 heterocycles. The number of hydrogen-bond acceptors (Lipinski definition) is 10. The minimum absolute atomic E-state index is 0.00474. The van der Waals surface area contributed by atoms with Crippen LogP contribution in [0.4, 0.5) is 0 Å². The summed E-state index contributed by atoms with van der Waals surface area (Å²) in [7, 11) is 0. The van der Waals surface area contributed by atoms with Gasteiger partial charge in [0.25, 0.3) is 0 Å². The Bertz CT molecular complexity index is 620. The lowest BCUT2D eigenvalue weighted by Gasteiger charge is -2.19. The molecule has 0 aliphatic rings. The molecule has 0 fully saturated rings. The van der Waals surface area contributed by atoms with E-state index in [1.807, 2.05) is 6.26 Å². The smallest absolute Gasteiger partial charge is 0.243 e. The van der Waals surface area contributed by atoms with E-state index in [0.717, 1.165) is 43.2 Å². The van der Waals surface area contributed by atoms with Crippen LogP contribution in [0.25, 0.3) is 0 Å². The zero-order chi connectivity index (χ0) is 23.6. The number of thioether (sulfide) groups is 2. The maximum atomic E-state index is 12.2. The average Bonchev–Trinajstić information content (AvgIpc) is 2.73. The van der Waals surface area contributed by atoms with E-state index < -0.39 is 42.4 Å². The molecule has 178 valence electrons. The molecule has 0 spiro atoms. The van der Waals surface area contributed by atoms with Crippen molar-refractivity contribution in [3.8, 4) is 0 Å². The van der Waals surface area contributed by atoms with Gasteiger partial charge >= 0.3 is 0 Å². The number of hydrogen-bond donors (Lipinski definition) is 4. The second-order valence-corrected chi connectivity index (χ2v) is 8.81. The van der Waals surface area contributed by atoms with Crippen molar-refractivity contribution < 1.29 is 40.3 Å². The van der Waals surface area contributed by atoms with E-state index in [9.17, 15) is 34.6 Å². The second-order valence-electron chi connectivity index (χ2n) is 6.73. The summed E-state index contributed by atoms with van der Waals surface area (Å²) in [4.78, 5) is 45.6. The van der Waals surface area contributed by atoms with E-state index in [2.05, 4.69) is 21.5 Å². The van der Waals surface area contributed by atoms with Gasteiger partial charge < -0.3 is 41.4 Å². The minimum atomic E-state index is -1.49. The molecule has 0 aliphatic carbocycles. The number of amides is 2. The molecular weight excluding hydrogens is 448 g/mol. The first-order valence-electron chi connectivity index (χ1n) is 9.84. The first kappa shape index (κ1) is 29.0. The van der Waals surface area contributed by atoms with Crippen LogP contribution in [0.1, 0.15) is 44.9 Å². The SMILES string of the molecule is CSCCCCCC/C(=N\O)SC[C@H](NC(=O)CC[C@H]([NH3+])C(=O)[O-])C(=O)NCC(=O)[O-]. The topological polar surface area (TPSA) is 199 Å². The molecule has 2 amide bonds. The lowest BCUT2D eigenvalue weighted by atomic mass is 10.1. The fourth-order valence-corrected chi connectivity index (χ4v) is 3.79. The number of carboxylic acids is 2. The third kappa shape index (κ3) is 15.5. The highest BCUT2D eigenvalue weighted by molar-refractivity contribution is 8.14. The number of carboxylic acid groups (broad SMARTS) is 2. The van der Waals surface area contributed by atoms with Crippen molar-refractivity contribution in [2.75, 3.05) is 24.3 Å². The average molecular weight is 480 g/mol. The Labute approximate surface area is 190 Å². The van der Waals surface area contributed by atoms with Gasteiger partial charge in [-0.05, 0) is 31.3 Å². The summed E-state index contributed by atoms with van der Waals surface area (Å²) in [6, 6.07) is -2.18. The van der Waals surface area contributed by atoms with E-state index in [0.29, 0.717) is 11.5 Å². The van der Waals surface area contributed by atoms with Crippen molar-refractivity contribution in [1.82, 2.24) is 10.6 Å². The van der Waals surface area contributed by atoms with Crippen LogP contribution >= 0.6 is 23.5 Å². The third-order valence-electron chi connectivity index (χ3n) is 4.13. The Morgan fingerprint density at radius 1 is 1.10 bits per heavy atom. The van der Waals surface area contributed by atoms with Crippen molar-refractivity contribution in [1.29, 1.82) is 0 Å². The number of carbonyl (C=O) groups excluding carboxylic acids is 4. The van der Waals surface area contributed by atoms with Crippen LogP contribution in [0.5, 0.6) is 0 Å². The molecule has 0 aromatic rings. The number of oxime groups is 1. The summed E-state index contributed by atoms with van der Waals surface area (Å²) in [5, 5.41) is 38.7.